The van der Waals surface area contributed by atoms with Crippen molar-refractivity contribution in [2.45, 2.75) is 19.9 Å². The summed E-state index contributed by atoms with van der Waals surface area (Å²) >= 11 is 13.1. The first-order valence-electron chi connectivity index (χ1n) is 6.70. The molecule has 1 aromatic heterocycles. The molecule has 23 heavy (non-hydrogen) atoms. The summed E-state index contributed by atoms with van der Waals surface area (Å²) in [6.07, 6.45) is 0. The van der Waals surface area contributed by atoms with Crippen molar-refractivity contribution >= 4 is 46.4 Å². The molecule has 0 fully saturated rings. The second-order valence-corrected chi connectivity index (χ2v) is 6.50. The number of halogens is 2. The summed E-state index contributed by atoms with van der Waals surface area (Å²) in [5, 5.41) is 3.70. The molecule has 0 saturated heterocycles. The highest BCUT2D eigenvalue weighted by Crippen LogP contribution is 2.26. The molecule has 5 nitrogen and oxygen atoms in total. The molecule has 1 unspecified atom stereocenters. The lowest BCUT2D eigenvalue weighted by Crippen LogP contribution is -2.31. The van der Waals surface area contributed by atoms with Crippen LogP contribution >= 0.6 is 34.5 Å². The van der Waals surface area contributed by atoms with Gasteiger partial charge in [-0.05, 0) is 31.5 Å². The maximum Gasteiger partial charge on any atom is 0.350 e. The fourth-order valence-electron chi connectivity index (χ4n) is 1.91. The van der Waals surface area contributed by atoms with E-state index < -0.39 is 11.9 Å². The Labute approximate surface area is 147 Å². The monoisotopic (exact) mass is 372 g/mol. The van der Waals surface area contributed by atoms with Gasteiger partial charge in [0.05, 0.1) is 17.2 Å². The quantitative estimate of drug-likeness (QED) is 0.810. The van der Waals surface area contributed by atoms with Crippen LogP contribution in [-0.4, -0.2) is 23.5 Å². The van der Waals surface area contributed by atoms with E-state index in [4.69, 9.17) is 27.9 Å². The molecule has 0 aliphatic heterocycles. The molecule has 122 valence electrons. The Morgan fingerprint density at radius 1 is 1.39 bits per heavy atom. The van der Waals surface area contributed by atoms with Gasteiger partial charge in [-0.1, -0.05) is 29.3 Å². The van der Waals surface area contributed by atoms with E-state index in [1.807, 2.05) is 0 Å². The SMILES string of the molecule is Cc1ncsc1C(=O)OCC(=O)NC(C)c1ccc(Cl)cc1Cl. The summed E-state index contributed by atoms with van der Waals surface area (Å²) in [6, 6.07) is 4.70. The molecular formula is C15H14Cl2N2O3S. The number of amides is 1. The molecular weight excluding hydrogens is 359 g/mol. The van der Waals surface area contributed by atoms with Crippen molar-refractivity contribution in [3.63, 3.8) is 0 Å². The van der Waals surface area contributed by atoms with Gasteiger partial charge in [-0.2, -0.15) is 0 Å². The largest absolute Gasteiger partial charge is 0.451 e. The first-order chi connectivity index (χ1) is 10.9. The number of carbonyl (C=O) groups is 2. The van der Waals surface area contributed by atoms with Gasteiger partial charge >= 0.3 is 5.97 Å². The van der Waals surface area contributed by atoms with Crippen LogP contribution in [0.3, 0.4) is 0 Å². The van der Waals surface area contributed by atoms with Crippen LogP contribution in [0.5, 0.6) is 0 Å². The Balaban J connectivity index is 1.89. The minimum atomic E-state index is -0.558. The molecule has 0 radical (unpaired) electrons. The van der Waals surface area contributed by atoms with E-state index in [1.165, 1.54) is 11.3 Å². The maximum absolute atomic E-state index is 11.9. The molecule has 2 aromatic rings. The Morgan fingerprint density at radius 3 is 2.74 bits per heavy atom. The van der Waals surface area contributed by atoms with Crippen LogP contribution in [0.2, 0.25) is 10.0 Å². The van der Waals surface area contributed by atoms with Crippen LogP contribution in [0.25, 0.3) is 0 Å². The fourth-order valence-corrected chi connectivity index (χ4v) is 3.17. The van der Waals surface area contributed by atoms with Gasteiger partial charge in [0.25, 0.3) is 5.91 Å². The first kappa shape index (κ1) is 17.7. The van der Waals surface area contributed by atoms with Gasteiger partial charge in [-0.3, -0.25) is 4.79 Å². The number of nitrogens with one attached hydrogen (secondary N) is 1. The molecule has 0 saturated carbocycles. The highest BCUT2D eigenvalue weighted by molar-refractivity contribution is 7.11. The Morgan fingerprint density at radius 2 is 2.13 bits per heavy atom. The molecule has 0 aliphatic rings. The lowest BCUT2D eigenvalue weighted by atomic mass is 10.1. The van der Waals surface area contributed by atoms with Crippen molar-refractivity contribution in [3.05, 3.63) is 49.9 Å². The molecule has 8 heteroatoms. The lowest BCUT2D eigenvalue weighted by Gasteiger charge is -2.16. The molecule has 1 amide bonds. The van der Waals surface area contributed by atoms with E-state index in [0.717, 1.165) is 5.56 Å². The molecule has 1 heterocycles. The molecule has 0 bridgehead atoms. The average molecular weight is 373 g/mol. The van der Waals surface area contributed by atoms with Gasteiger partial charge in [-0.15, -0.1) is 11.3 Å². The molecule has 0 aliphatic carbocycles. The topological polar surface area (TPSA) is 68.3 Å². The highest BCUT2D eigenvalue weighted by Gasteiger charge is 2.17. The van der Waals surface area contributed by atoms with Crippen molar-refractivity contribution < 1.29 is 14.3 Å². The van der Waals surface area contributed by atoms with Crippen molar-refractivity contribution in [2.75, 3.05) is 6.61 Å². The average Bonchev–Trinajstić information content (AvgIpc) is 2.90. The van der Waals surface area contributed by atoms with Crippen LogP contribution < -0.4 is 5.32 Å². The number of ether oxygens (including phenoxy) is 1. The normalized spacial score (nSPS) is 11.8. The second-order valence-electron chi connectivity index (χ2n) is 4.80. The number of thiazole rings is 1. The van der Waals surface area contributed by atoms with Crippen LogP contribution in [0, 0.1) is 6.92 Å². The first-order valence-corrected chi connectivity index (χ1v) is 8.33. The summed E-state index contributed by atoms with van der Waals surface area (Å²) in [7, 11) is 0. The molecule has 1 aromatic carbocycles. The highest BCUT2D eigenvalue weighted by atomic mass is 35.5. The zero-order valence-corrected chi connectivity index (χ0v) is 14.8. The van der Waals surface area contributed by atoms with Crippen molar-refractivity contribution in [1.29, 1.82) is 0 Å². The van der Waals surface area contributed by atoms with Crippen molar-refractivity contribution in [1.82, 2.24) is 10.3 Å². The molecule has 0 spiro atoms. The predicted octanol–water partition coefficient (Wildman–Crippen LogP) is 3.79. The summed E-state index contributed by atoms with van der Waals surface area (Å²) in [5.41, 5.74) is 2.87. The van der Waals surface area contributed by atoms with Gasteiger partial charge in [0.2, 0.25) is 0 Å². The second kappa shape index (κ2) is 7.77. The summed E-state index contributed by atoms with van der Waals surface area (Å²) in [4.78, 5) is 28.1. The van der Waals surface area contributed by atoms with Gasteiger partial charge < -0.3 is 10.1 Å². The smallest absolute Gasteiger partial charge is 0.350 e. The third kappa shape index (κ3) is 4.67. The van der Waals surface area contributed by atoms with Gasteiger partial charge in [0.15, 0.2) is 6.61 Å². The van der Waals surface area contributed by atoms with Crippen molar-refractivity contribution in [2.24, 2.45) is 0 Å². The Kier molecular flexibility index (Phi) is 5.98. The third-order valence-corrected chi connectivity index (χ3v) is 4.54. The number of hydrogen-bond acceptors (Lipinski definition) is 5. The molecule has 1 N–H and O–H groups in total. The zero-order chi connectivity index (χ0) is 17.0. The van der Waals surface area contributed by atoms with E-state index in [1.54, 1.807) is 37.6 Å². The number of carbonyl (C=O) groups excluding carboxylic acids is 2. The van der Waals surface area contributed by atoms with E-state index >= 15 is 0 Å². The van der Waals surface area contributed by atoms with Crippen LogP contribution in [0.4, 0.5) is 0 Å². The summed E-state index contributed by atoms with van der Waals surface area (Å²) < 4.78 is 4.98. The van der Waals surface area contributed by atoms with Crippen LogP contribution in [-0.2, 0) is 9.53 Å². The maximum atomic E-state index is 11.9. The van der Waals surface area contributed by atoms with E-state index in [-0.39, 0.29) is 12.6 Å². The van der Waals surface area contributed by atoms with Gasteiger partial charge in [-0.25, -0.2) is 9.78 Å². The third-order valence-electron chi connectivity index (χ3n) is 3.07. The lowest BCUT2D eigenvalue weighted by molar-refractivity contribution is -0.124. The number of benzene rings is 1. The fraction of sp³-hybridized carbons (Fsp3) is 0.267. The number of aryl methyl sites for hydroxylation is 1. The number of rotatable bonds is 5. The standard InChI is InChI=1S/C15H14Cl2N2O3S/c1-8(11-4-3-10(16)5-12(11)17)19-13(20)6-22-15(21)14-9(2)18-7-23-14/h3-5,7-8H,6H2,1-2H3,(H,19,20). The zero-order valence-electron chi connectivity index (χ0n) is 12.4. The Bertz CT molecular complexity index is 733. The minimum Gasteiger partial charge on any atom is -0.451 e. The number of nitrogens with zero attached hydrogens (tertiary/aromatic N) is 1. The Hall–Kier alpha value is -1.63. The van der Waals surface area contributed by atoms with Crippen LogP contribution in [0.1, 0.15) is 33.9 Å². The van der Waals surface area contributed by atoms with E-state index in [9.17, 15) is 9.59 Å². The van der Waals surface area contributed by atoms with Crippen molar-refractivity contribution in [3.8, 4) is 0 Å². The minimum absolute atomic E-state index is 0.337. The number of esters is 1. The van der Waals surface area contributed by atoms with E-state index in [2.05, 4.69) is 10.3 Å². The summed E-state index contributed by atoms with van der Waals surface area (Å²) in [5.74, 6) is -0.976. The predicted molar refractivity (Wildman–Crippen MR) is 90.2 cm³/mol. The number of aromatic nitrogens is 1. The molecule has 2 rings (SSSR count). The van der Waals surface area contributed by atoms with Gasteiger partial charge in [0, 0.05) is 10.0 Å². The van der Waals surface area contributed by atoms with E-state index in [0.29, 0.717) is 20.6 Å². The number of hydrogen-bond donors (Lipinski definition) is 1. The van der Waals surface area contributed by atoms with Crippen LogP contribution in [0.15, 0.2) is 23.7 Å². The molecule has 1 atom stereocenters. The van der Waals surface area contributed by atoms with Gasteiger partial charge in [0.1, 0.15) is 4.88 Å². The summed E-state index contributed by atoms with van der Waals surface area (Å²) in [6.45, 7) is 3.12.